The van der Waals surface area contributed by atoms with E-state index in [2.05, 4.69) is 17.9 Å². The summed E-state index contributed by atoms with van der Waals surface area (Å²) in [4.78, 5) is 10.7. The average Bonchev–Trinajstić information content (AvgIpc) is 2.01. The van der Waals surface area contributed by atoms with Crippen LogP contribution in [0.2, 0.25) is 10.0 Å². The molecule has 1 amide bonds. The number of carbonyl (C=O) groups excluding carboxylic acids is 1. The maximum absolute atomic E-state index is 10.7. The van der Waals surface area contributed by atoms with Gasteiger partial charge in [0.2, 0.25) is 0 Å². The van der Waals surface area contributed by atoms with E-state index in [1.54, 1.807) is 0 Å². The second-order valence-electron chi connectivity index (χ2n) is 2.40. The Bertz CT molecular complexity index is 371. The fraction of sp³-hybridized carbons (Fsp3) is 0.125. The van der Waals surface area contributed by atoms with Crippen LogP contribution in [-0.4, -0.2) is 12.3 Å². The van der Waals surface area contributed by atoms with Gasteiger partial charge in [0.1, 0.15) is 0 Å². The molecule has 0 radical (unpaired) electrons. The molecule has 0 unspecified atom stereocenters. The summed E-state index contributed by atoms with van der Waals surface area (Å²) in [6.45, 7) is 0. The Balaban J connectivity index is 3.17. The number of hydrogen-bond acceptors (Lipinski definition) is 2. The largest absolute Gasteiger partial charge is 0.493 e. The lowest BCUT2D eigenvalue weighted by Gasteiger charge is -2.10. The second-order valence-corrected chi connectivity index (χ2v) is 3.65. The Kier molecular flexibility index (Phi) is 3.92. The number of amides is 1. The maximum atomic E-state index is 10.7. The second kappa shape index (κ2) is 4.77. The van der Waals surface area contributed by atoms with Crippen LogP contribution in [0.1, 0.15) is 0 Å². The highest BCUT2D eigenvalue weighted by molar-refractivity contribution is 7.96. The molecule has 1 N–H and O–H groups in total. The Morgan fingerprint density at radius 2 is 2.14 bits per heavy atom. The van der Waals surface area contributed by atoms with Crippen molar-refractivity contribution in [3.63, 3.8) is 0 Å². The standard InChI is InChI=1S/C8H7Cl2NO2S/c1-13-7-5(10)2-4(9)3-6(7)11-8(12)14/h2-3H,1H3,(H2,11,12,14). The van der Waals surface area contributed by atoms with Crippen LogP contribution in [0.5, 0.6) is 5.75 Å². The maximum Gasteiger partial charge on any atom is 0.280 e. The Hall–Kier alpha value is -0.580. The van der Waals surface area contributed by atoms with E-state index < -0.39 is 5.24 Å². The Labute approximate surface area is 96.7 Å². The van der Waals surface area contributed by atoms with Gasteiger partial charge in [-0.25, -0.2) is 0 Å². The molecule has 0 aromatic heterocycles. The van der Waals surface area contributed by atoms with Crippen LogP contribution in [0.4, 0.5) is 10.5 Å². The molecule has 0 fully saturated rings. The van der Waals surface area contributed by atoms with Crippen molar-refractivity contribution in [2.45, 2.75) is 0 Å². The lowest BCUT2D eigenvalue weighted by Crippen LogP contribution is -2.03. The summed E-state index contributed by atoms with van der Waals surface area (Å²) >= 11 is 15.2. The number of halogens is 2. The minimum absolute atomic E-state index is 0.331. The van der Waals surface area contributed by atoms with Crippen LogP contribution >= 0.6 is 35.8 Å². The Morgan fingerprint density at radius 3 is 2.64 bits per heavy atom. The molecule has 1 aromatic rings. The van der Waals surface area contributed by atoms with Crippen LogP contribution in [0.15, 0.2) is 12.1 Å². The molecule has 3 nitrogen and oxygen atoms in total. The molecule has 6 heteroatoms. The Morgan fingerprint density at radius 1 is 1.50 bits per heavy atom. The van der Waals surface area contributed by atoms with Gasteiger partial charge in [-0.3, -0.25) is 4.79 Å². The zero-order valence-electron chi connectivity index (χ0n) is 7.17. The molecule has 0 aliphatic rings. The van der Waals surface area contributed by atoms with Crippen molar-refractivity contribution in [2.24, 2.45) is 0 Å². The van der Waals surface area contributed by atoms with Crippen LogP contribution in [0.3, 0.4) is 0 Å². The van der Waals surface area contributed by atoms with Gasteiger partial charge in [0.25, 0.3) is 5.24 Å². The highest BCUT2D eigenvalue weighted by Crippen LogP contribution is 2.36. The first-order valence-corrected chi connectivity index (χ1v) is 4.78. The molecule has 0 saturated heterocycles. The van der Waals surface area contributed by atoms with Crippen molar-refractivity contribution in [1.82, 2.24) is 0 Å². The van der Waals surface area contributed by atoms with Gasteiger partial charge < -0.3 is 10.1 Å². The average molecular weight is 252 g/mol. The number of ether oxygens (including phenoxy) is 1. The number of methoxy groups -OCH3 is 1. The molecule has 0 saturated carbocycles. The predicted molar refractivity (Wildman–Crippen MR) is 61.0 cm³/mol. The SMILES string of the molecule is COc1c(Cl)cc(Cl)cc1NC(=O)S. The van der Waals surface area contributed by atoms with Crippen molar-refractivity contribution < 1.29 is 9.53 Å². The molecule has 1 aromatic carbocycles. The third-order valence-electron chi connectivity index (χ3n) is 1.45. The first-order chi connectivity index (χ1) is 6.54. The monoisotopic (exact) mass is 251 g/mol. The highest BCUT2D eigenvalue weighted by atomic mass is 35.5. The van der Waals surface area contributed by atoms with Crippen LogP contribution in [-0.2, 0) is 0 Å². The lowest BCUT2D eigenvalue weighted by molar-refractivity contribution is 0.270. The molecule has 0 heterocycles. The number of hydrogen-bond donors (Lipinski definition) is 2. The zero-order chi connectivity index (χ0) is 10.7. The first kappa shape index (κ1) is 11.5. The van der Waals surface area contributed by atoms with Gasteiger partial charge in [0.15, 0.2) is 5.75 Å². The summed E-state index contributed by atoms with van der Waals surface area (Å²) < 4.78 is 4.99. The third kappa shape index (κ3) is 2.70. The van der Waals surface area contributed by atoms with Crippen molar-refractivity contribution in [2.75, 3.05) is 12.4 Å². The number of nitrogens with one attached hydrogen (secondary N) is 1. The van der Waals surface area contributed by atoms with Gasteiger partial charge in [0, 0.05) is 5.02 Å². The molecule has 0 bridgehead atoms. The van der Waals surface area contributed by atoms with Gasteiger partial charge >= 0.3 is 0 Å². The van der Waals surface area contributed by atoms with E-state index in [0.717, 1.165) is 0 Å². The van der Waals surface area contributed by atoms with E-state index in [0.29, 0.717) is 21.5 Å². The molecule has 0 atom stereocenters. The first-order valence-electron chi connectivity index (χ1n) is 3.57. The normalized spacial score (nSPS) is 9.71. The molecule has 0 aliphatic carbocycles. The number of thiol groups is 1. The summed E-state index contributed by atoms with van der Waals surface area (Å²) in [6, 6.07) is 3.05. The molecule has 0 aliphatic heterocycles. The summed E-state index contributed by atoms with van der Waals surface area (Å²) in [7, 11) is 1.45. The molecule has 1 rings (SSSR count). The zero-order valence-corrected chi connectivity index (χ0v) is 9.58. The third-order valence-corrected chi connectivity index (χ3v) is 2.06. The minimum atomic E-state index is -0.512. The lowest BCUT2D eigenvalue weighted by atomic mass is 10.3. The van der Waals surface area contributed by atoms with Crippen molar-refractivity contribution in [3.05, 3.63) is 22.2 Å². The van der Waals surface area contributed by atoms with Crippen molar-refractivity contribution >= 4 is 46.8 Å². The summed E-state index contributed by atoms with van der Waals surface area (Å²) in [5, 5.41) is 2.67. The summed E-state index contributed by atoms with van der Waals surface area (Å²) in [5.74, 6) is 0.360. The van der Waals surface area contributed by atoms with Crippen molar-refractivity contribution in [3.8, 4) is 5.75 Å². The van der Waals surface area contributed by atoms with E-state index in [1.807, 2.05) is 0 Å². The fourth-order valence-electron chi connectivity index (χ4n) is 0.976. The van der Waals surface area contributed by atoms with E-state index >= 15 is 0 Å². The molecular weight excluding hydrogens is 245 g/mol. The molecule has 0 spiro atoms. The smallest absolute Gasteiger partial charge is 0.280 e. The molecule has 14 heavy (non-hydrogen) atoms. The van der Waals surface area contributed by atoms with E-state index in [1.165, 1.54) is 19.2 Å². The van der Waals surface area contributed by atoms with E-state index in [4.69, 9.17) is 27.9 Å². The quantitative estimate of drug-likeness (QED) is 0.791. The molecule has 76 valence electrons. The van der Waals surface area contributed by atoms with Gasteiger partial charge in [-0.2, -0.15) is 0 Å². The van der Waals surface area contributed by atoms with E-state index in [-0.39, 0.29) is 0 Å². The number of rotatable bonds is 2. The number of carbonyl (C=O) groups is 1. The number of benzene rings is 1. The topological polar surface area (TPSA) is 38.3 Å². The van der Waals surface area contributed by atoms with E-state index in [9.17, 15) is 4.79 Å². The minimum Gasteiger partial charge on any atom is -0.493 e. The highest BCUT2D eigenvalue weighted by Gasteiger charge is 2.10. The van der Waals surface area contributed by atoms with Gasteiger partial charge in [-0.1, -0.05) is 35.8 Å². The van der Waals surface area contributed by atoms with Crippen LogP contribution in [0, 0.1) is 0 Å². The van der Waals surface area contributed by atoms with Crippen molar-refractivity contribution in [1.29, 1.82) is 0 Å². The summed E-state index contributed by atoms with van der Waals surface area (Å²) in [5.41, 5.74) is 0.394. The fourth-order valence-corrected chi connectivity index (χ4v) is 1.67. The van der Waals surface area contributed by atoms with Gasteiger partial charge in [-0.15, -0.1) is 0 Å². The van der Waals surface area contributed by atoms with Crippen LogP contribution in [0.25, 0.3) is 0 Å². The van der Waals surface area contributed by atoms with Crippen LogP contribution < -0.4 is 10.1 Å². The van der Waals surface area contributed by atoms with Gasteiger partial charge in [-0.05, 0) is 12.1 Å². The number of anilines is 1. The molecular formula is C8H7Cl2NO2S. The predicted octanol–water partition coefficient (Wildman–Crippen LogP) is 3.46. The van der Waals surface area contributed by atoms with Gasteiger partial charge in [0.05, 0.1) is 17.8 Å². The summed E-state index contributed by atoms with van der Waals surface area (Å²) in [6.07, 6.45) is 0.